The van der Waals surface area contributed by atoms with Gasteiger partial charge in [-0.15, -0.1) is 24.9 Å². The highest BCUT2D eigenvalue weighted by Gasteiger charge is 2.74. The van der Waals surface area contributed by atoms with Crippen molar-refractivity contribution in [2.45, 2.75) is 41.8 Å². The molecule has 5 rings (SSSR count). The van der Waals surface area contributed by atoms with Gasteiger partial charge in [0.1, 0.15) is 6.04 Å². The van der Waals surface area contributed by atoms with Crippen molar-refractivity contribution in [3.05, 3.63) is 90.5 Å². The number of likely N-dealkylation sites (tertiary alicyclic amines) is 1. The molecule has 0 aliphatic carbocycles. The number of fused-ring (bicyclic) bond motifs is 1. The van der Waals surface area contributed by atoms with Gasteiger partial charge in [-0.2, -0.15) is 0 Å². The van der Waals surface area contributed by atoms with Gasteiger partial charge in [0, 0.05) is 48.7 Å². The zero-order valence-corrected chi connectivity index (χ0v) is 24.6. The van der Waals surface area contributed by atoms with E-state index in [1.165, 1.54) is 0 Å². The van der Waals surface area contributed by atoms with Crippen molar-refractivity contribution in [1.82, 2.24) is 9.80 Å². The number of carbonyl (C=O) groups excluding carboxylic acids is 3. The highest BCUT2D eigenvalue weighted by atomic mass is 35.5. The summed E-state index contributed by atoms with van der Waals surface area (Å²) < 4.78 is -0.715. The second kappa shape index (κ2) is 12.4. The van der Waals surface area contributed by atoms with Crippen LogP contribution in [0.5, 0.6) is 0 Å². The van der Waals surface area contributed by atoms with Crippen LogP contribution in [0.1, 0.15) is 24.8 Å². The number of amides is 3. The standard InChI is InChI=1S/C32H36ClN3O4S/c1-3-17-34(21-22-9-6-5-7-10-22)29(38)26-25-15-16-32(41-25)27(26)30(39)36(19-8-20-37)28(32)31(40)35(18-4-2)24-13-11-23(33)12-14-24/h3-7,9-14,25-28,37H,1-2,8,15-21H2/t25-,26+,27+,28?,32?/m1/s1. The molecule has 1 spiro atoms. The number of rotatable bonds is 12. The highest BCUT2D eigenvalue weighted by Crippen LogP contribution is 2.66. The minimum absolute atomic E-state index is 0.0433. The molecule has 3 amide bonds. The van der Waals surface area contributed by atoms with Gasteiger partial charge in [0.05, 0.1) is 16.6 Å². The van der Waals surface area contributed by atoms with E-state index in [0.717, 1.165) is 12.0 Å². The normalized spacial score (nSPS) is 26.1. The molecule has 0 saturated carbocycles. The molecule has 3 aliphatic rings. The van der Waals surface area contributed by atoms with Crippen molar-refractivity contribution >= 4 is 46.8 Å². The van der Waals surface area contributed by atoms with Crippen LogP contribution in [0.2, 0.25) is 5.02 Å². The predicted octanol–water partition coefficient (Wildman–Crippen LogP) is 4.55. The van der Waals surface area contributed by atoms with Gasteiger partial charge in [-0.05, 0) is 49.1 Å². The third-order valence-corrected chi connectivity index (χ3v) is 10.7. The summed E-state index contributed by atoms with van der Waals surface area (Å²) in [4.78, 5) is 48.0. The average molecular weight is 594 g/mol. The summed E-state index contributed by atoms with van der Waals surface area (Å²) in [5, 5.41) is 10.2. The molecule has 1 N–H and O–H groups in total. The van der Waals surface area contributed by atoms with Crippen LogP contribution >= 0.6 is 23.4 Å². The monoisotopic (exact) mass is 593 g/mol. The first-order chi connectivity index (χ1) is 19.9. The van der Waals surface area contributed by atoms with Crippen LogP contribution in [0.3, 0.4) is 0 Å². The van der Waals surface area contributed by atoms with Gasteiger partial charge >= 0.3 is 0 Å². The molecule has 2 aromatic rings. The van der Waals surface area contributed by atoms with E-state index in [1.54, 1.807) is 62.9 Å². The summed E-state index contributed by atoms with van der Waals surface area (Å²) in [5.41, 5.74) is 1.67. The maximum absolute atomic E-state index is 14.5. The van der Waals surface area contributed by atoms with Crippen molar-refractivity contribution in [3.8, 4) is 0 Å². The number of aliphatic hydroxyl groups excluding tert-OH is 1. The molecule has 41 heavy (non-hydrogen) atoms. The fourth-order valence-electron chi connectivity index (χ4n) is 6.82. The predicted molar refractivity (Wildman–Crippen MR) is 164 cm³/mol. The molecule has 2 unspecified atom stereocenters. The van der Waals surface area contributed by atoms with Crippen molar-refractivity contribution in [2.75, 3.05) is 31.1 Å². The van der Waals surface area contributed by atoms with E-state index >= 15 is 0 Å². The van der Waals surface area contributed by atoms with Gasteiger partial charge in [0.25, 0.3) is 5.91 Å². The molecule has 216 valence electrons. The molecular weight excluding hydrogens is 558 g/mol. The number of hydrogen-bond acceptors (Lipinski definition) is 5. The number of hydrogen-bond donors (Lipinski definition) is 1. The molecule has 3 aliphatic heterocycles. The Labute approximate surface area is 250 Å². The van der Waals surface area contributed by atoms with Gasteiger partial charge < -0.3 is 19.8 Å². The van der Waals surface area contributed by atoms with Crippen LogP contribution in [0.15, 0.2) is 79.9 Å². The lowest BCUT2D eigenvalue weighted by Crippen LogP contribution is -2.55. The summed E-state index contributed by atoms with van der Waals surface area (Å²) in [5.74, 6) is -1.57. The van der Waals surface area contributed by atoms with Gasteiger partial charge in [-0.25, -0.2) is 0 Å². The van der Waals surface area contributed by atoms with E-state index in [-0.39, 0.29) is 42.7 Å². The maximum Gasteiger partial charge on any atom is 0.251 e. The van der Waals surface area contributed by atoms with E-state index in [4.69, 9.17) is 11.6 Å². The third-order valence-electron chi connectivity index (χ3n) is 8.47. The van der Waals surface area contributed by atoms with Crippen LogP contribution in [0, 0.1) is 11.8 Å². The lowest BCUT2D eigenvalue weighted by atomic mass is 9.70. The van der Waals surface area contributed by atoms with Gasteiger partial charge in [-0.3, -0.25) is 14.4 Å². The first-order valence-electron chi connectivity index (χ1n) is 14.1. The number of thioether (sulfide) groups is 1. The smallest absolute Gasteiger partial charge is 0.251 e. The lowest BCUT2D eigenvalue weighted by Gasteiger charge is -2.37. The SMILES string of the molecule is C=CCN(Cc1ccccc1)C(=O)[C@@H]1[C@H]2C(=O)N(CCCO)C(C(=O)N(CC=C)c3ccc(Cl)cc3)C23CC[C@H]1S3. The molecule has 9 heteroatoms. The maximum atomic E-state index is 14.5. The zero-order valence-electron chi connectivity index (χ0n) is 23.0. The van der Waals surface area contributed by atoms with Crippen LogP contribution < -0.4 is 4.90 Å². The molecule has 2 aromatic carbocycles. The van der Waals surface area contributed by atoms with Crippen LogP contribution in [0.25, 0.3) is 0 Å². The van der Waals surface area contributed by atoms with E-state index in [0.29, 0.717) is 36.6 Å². The van der Waals surface area contributed by atoms with Crippen molar-refractivity contribution in [2.24, 2.45) is 11.8 Å². The molecule has 7 nitrogen and oxygen atoms in total. The average Bonchev–Trinajstić information content (AvgIpc) is 3.62. The van der Waals surface area contributed by atoms with E-state index in [1.807, 2.05) is 30.3 Å². The molecular formula is C32H36ClN3O4S. The Morgan fingerprint density at radius 1 is 1.07 bits per heavy atom. The van der Waals surface area contributed by atoms with Gasteiger partial charge in [0.15, 0.2) is 0 Å². The second-order valence-electron chi connectivity index (χ2n) is 10.9. The Bertz CT molecular complexity index is 1310. The first-order valence-corrected chi connectivity index (χ1v) is 15.3. The summed E-state index contributed by atoms with van der Waals surface area (Å²) in [6.07, 6.45) is 5.17. The van der Waals surface area contributed by atoms with Crippen LogP contribution in [-0.2, 0) is 20.9 Å². The Balaban J connectivity index is 1.51. The zero-order chi connectivity index (χ0) is 29.1. The largest absolute Gasteiger partial charge is 0.396 e. The van der Waals surface area contributed by atoms with Crippen molar-refractivity contribution in [3.63, 3.8) is 0 Å². The second-order valence-corrected chi connectivity index (χ2v) is 12.9. The first kappa shape index (κ1) is 29.4. The van der Waals surface area contributed by atoms with Crippen LogP contribution in [0.4, 0.5) is 5.69 Å². The van der Waals surface area contributed by atoms with Crippen molar-refractivity contribution < 1.29 is 19.5 Å². The highest BCUT2D eigenvalue weighted by molar-refractivity contribution is 8.02. The lowest BCUT2D eigenvalue weighted by molar-refractivity contribution is -0.144. The third kappa shape index (κ3) is 5.33. The summed E-state index contributed by atoms with van der Waals surface area (Å²) in [6.45, 7) is 8.93. The molecule has 2 bridgehead atoms. The number of halogens is 1. The van der Waals surface area contributed by atoms with E-state index in [2.05, 4.69) is 13.2 Å². The number of carbonyl (C=O) groups is 3. The molecule has 3 saturated heterocycles. The fourth-order valence-corrected chi connectivity index (χ4v) is 9.15. The van der Waals surface area contributed by atoms with Gasteiger partial charge in [0.2, 0.25) is 11.8 Å². The minimum Gasteiger partial charge on any atom is -0.396 e. The van der Waals surface area contributed by atoms with Crippen molar-refractivity contribution in [1.29, 1.82) is 0 Å². The molecule has 3 heterocycles. The summed E-state index contributed by atoms with van der Waals surface area (Å²) in [7, 11) is 0. The Morgan fingerprint density at radius 3 is 2.44 bits per heavy atom. The minimum atomic E-state index is -0.753. The molecule has 0 aromatic heterocycles. The van der Waals surface area contributed by atoms with Crippen LogP contribution in [-0.4, -0.2) is 74.9 Å². The Kier molecular flexibility index (Phi) is 8.92. The molecule has 5 atom stereocenters. The van der Waals surface area contributed by atoms with Gasteiger partial charge in [-0.1, -0.05) is 54.1 Å². The number of benzene rings is 2. The Morgan fingerprint density at radius 2 is 1.78 bits per heavy atom. The quantitative estimate of drug-likeness (QED) is 0.365. The Hall–Kier alpha value is -3.07. The van der Waals surface area contributed by atoms with E-state index in [9.17, 15) is 19.5 Å². The topological polar surface area (TPSA) is 81.2 Å². The fraction of sp³-hybridized carbons (Fsp3) is 0.406. The summed E-state index contributed by atoms with van der Waals surface area (Å²) >= 11 is 7.77. The molecule has 0 radical (unpaired) electrons. The number of aliphatic hydroxyl groups is 1. The number of anilines is 1. The summed E-state index contributed by atoms with van der Waals surface area (Å²) in [6, 6.07) is 16.1. The number of nitrogens with zero attached hydrogens (tertiary/aromatic N) is 3. The van der Waals surface area contributed by atoms with E-state index < -0.39 is 22.6 Å². The molecule has 3 fully saturated rings.